The van der Waals surface area contributed by atoms with Gasteiger partial charge in [-0.1, -0.05) is 282 Å². The van der Waals surface area contributed by atoms with Crippen molar-refractivity contribution in [3.63, 3.8) is 0 Å². The van der Waals surface area contributed by atoms with Crippen molar-refractivity contribution < 1.29 is 50.0 Å². The molecule has 1 aliphatic rings. The third-order valence-corrected chi connectivity index (χ3v) is 16.2. The summed E-state index contributed by atoms with van der Waals surface area (Å²) in [7, 11) is 0. The molecule has 0 radical (unpaired) electrons. The number of aliphatic hydroxyl groups excluding tert-OH is 7. The zero-order valence-corrected chi connectivity index (χ0v) is 50.2. The average Bonchev–Trinajstić information content (AvgIpc) is 3.43. The van der Waals surface area contributed by atoms with Crippen LogP contribution in [0.1, 0.15) is 322 Å². The highest BCUT2D eigenvalue weighted by molar-refractivity contribution is 5.80. The van der Waals surface area contributed by atoms with Crippen molar-refractivity contribution in [1.82, 2.24) is 5.32 Å². The maximum absolute atomic E-state index is 13.2. The first kappa shape index (κ1) is 73.6. The molecule has 1 aliphatic heterocycles. The second kappa shape index (κ2) is 55.1. The lowest BCUT2D eigenvalue weighted by Crippen LogP contribution is -2.60. The van der Waals surface area contributed by atoms with Crippen LogP contribution < -0.4 is 5.32 Å². The van der Waals surface area contributed by atoms with Gasteiger partial charge in [-0.25, -0.2) is 0 Å². The molecule has 0 aliphatic carbocycles. The average molecular weight is 1090 g/mol. The molecule has 11 heteroatoms. The number of nitrogens with one attached hydrogen (secondary N) is 1. The summed E-state index contributed by atoms with van der Waals surface area (Å²) in [5.74, 6) is -0.701. The molecule has 0 aromatic carbocycles. The molecule has 9 atom stereocenters. The van der Waals surface area contributed by atoms with Gasteiger partial charge in [-0.05, 0) is 64.2 Å². The van der Waals surface area contributed by atoms with Gasteiger partial charge in [0.2, 0.25) is 5.91 Å². The molecule has 1 heterocycles. The van der Waals surface area contributed by atoms with Gasteiger partial charge < -0.3 is 50.5 Å². The molecule has 1 amide bonds. The SMILES string of the molecule is CCCCCCCCCCCCC/C=C/CCCC(O)C(O)C(COC1OC(CO)C(O)C(O)C1O)NC(=O)C(O)CCCCCCCCCCCCCCCCCC/C=C\CCCCCCCCCCCCCCCC. The monoisotopic (exact) mass is 1090 g/mol. The molecular formula is C66H127NO10. The molecule has 0 saturated carbocycles. The van der Waals surface area contributed by atoms with Crippen LogP contribution in [0.5, 0.6) is 0 Å². The maximum Gasteiger partial charge on any atom is 0.249 e. The van der Waals surface area contributed by atoms with E-state index in [4.69, 9.17) is 9.47 Å². The van der Waals surface area contributed by atoms with Crippen LogP contribution in [0, 0.1) is 0 Å². The highest BCUT2D eigenvalue weighted by Gasteiger charge is 2.44. The van der Waals surface area contributed by atoms with Gasteiger partial charge in [-0.3, -0.25) is 4.79 Å². The predicted octanol–water partition coefficient (Wildman–Crippen LogP) is 15.2. The summed E-state index contributed by atoms with van der Waals surface area (Å²) in [5, 5.41) is 76.2. The highest BCUT2D eigenvalue weighted by atomic mass is 16.7. The minimum Gasteiger partial charge on any atom is -0.394 e. The Bertz CT molecular complexity index is 1300. The lowest BCUT2D eigenvalue weighted by molar-refractivity contribution is -0.303. The van der Waals surface area contributed by atoms with Crippen molar-refractivity contribution in [2.24, 2.45) is 0 Å². The second-order valence-electron chi connectivity index (χ2n) is 23.5. The number of hydrogen-bond donors (Lipinski definition) is 8. The number of amides is 1. The summed E-state index contributed by atoms with van der Waals surface area (Å²) in [6, 6.07) is -1.18. The zero-order chi connectivity index (χ0) is 56.1. The third kappa shape index (κ3) is 43.0. The van der Waals surface area contributed by atoms with E-state index >= 15 is 0 Å². The smallest absolute Gasteiger partial charge is 0.249 e. The molecule has 77 heavy (non-hydrogen) atoms. The molecule has 11 nitrogen and oxygen atoms in total. The largest absolute Gasteiger partial charge is 0.394 e. The summed E-state index contributed by atoms with van der Waals surface area (Å²) in [4.78, 5) is 13.2. The number of hydrogen-bond acceptors (Lipinski definition) is 10. The summed E-state index contributed by atoms with van der Waals surface area (Å²) < 4.78 is 11.2. The Hall–Kier alpha value is -1.41. The van der Waals surface area contributed by atoms with E-state index in [-0.39, 0.29) is 12.8 Å². The summed E-state index contributed by atoms with van der Waals surface area (Å²) in [6.45, 7) is 3.48. The van der Waals surface area contributed by atoms with E-state index in [0.29, 0.717) is 12.8 Å². The summed E-state index contributed by atoms with van der Waals surface area (Å²) in [6.07, 6.45) is 57.0. The van der Waals surface area contributed by atoms with Crippen LogP contribution in [0.15, 0.2) is 24.3 Å². The first-order valence-electron chi connectivity index (χ1n) is 33.2. The molecule has 0 aromatic heterocycles. The Kier molecular flexibility index (Phi) is 52.7. The van der Waals surface area contributed by atoms with Gasteiger partial charge in [0.15, 0.2) is 6.29 Å². The molecule has 0 spiro atoms. The number of carbonyl (C=O) groups is 1. The van der Waals surface area contributed by atoms with E-state index < -0.39 is 74.2 Å². The second-order valence-corrected chi connectivity index (χ2v) is 23.5. The fraction of sp³-hybridized carbons (Fsp3) is 0.924. The van der Waals surface area contributed by atoms with Crippen molar-refractivity contribution in [3.8, 4) is 0 Å². The minimum atomic E-state index is -1.67. The van der Waals surface area contributed by atoms with E-state index in [0.717, 1.165) is 38.5 Å². The lowest BCUT2D eigenvalue weighted by atomic mass is 9.98. The highest BCUT2D eigenvalue weighted by Crippen LogP contribution is 2.24. The molecule has 1 saturated heterocycles. The normalized spacial score (nSPS) is 19.6. The first-order chi connectivity index (χ1) is 37.7. The van der Waals surface area contributed by atoms with Crippen LogP contribution in [-0.4, -0.2) is 110 Å². The van der Waals surface area contributed by atoms with Gasteiger partial charge >= 0.3 is 0 Å². The Labute approximate surface area is 474 Å². The molecule has 0 bridgehead atoms. The quantitative estimate of drug-likeness (QED) is 0.0215. The summed E-state index contributed by atoms with van der Waals surface area (Å²) >= 11 is 0. The van der Waals surface area contributed by atoms with E-state index in [1.54, 1.807) is 0 Å². The van der Waals surface area contributed by atoms with Crippen LogP contribution >= 0.6 is 0 Å². The van der Waals surface area contributed by atoms with E-state index in [1.807, 2.05) is 0 Å². The zero-order valence-electron chi connectivity index (χ0n) is 50.2. The standard InChI is InChI=1S/C66H127NO10/c1-3-5-7-9-11-13-15-17-19-21-22-23-24-25-26-27-28-29-30-31-32-33-34-35-36-37-38-40-42-44-46-48-50-52-54-59(70)65(75)67-57(56-76-66-64(74)63(73)62(72)60(55-68)77-66)61(71)58(69)53-51-49-47-45-43-41-39-20-18-16-14-12-10-8-6-4-2/h27-28,45,47,57-64,66,68-74H,3-26,29-44,46,48-56H2,1-2H3,(H,67,75)/b28-27-,47-45+. The molecule has 456 valence electrons. The fourth-order valence-electron chi connectivity index (χ4n) is 10.9. The van der Waals surface area contributed by atoms with Crippen LogP contribution in [0.2, 0.25) is 0 Å². The maximum atomic E-state index is 13.2. The first-order valence-corrected chi connectivity index (χ1v) is 33.2. The van der Waals surface area contributed by atoms with Crippen molar-refractivity contribution in [2.45, 2.75) is 377 Å². The molecule has 8 N–H and O–H groups in total. The van der Waals surface area contributed by atoms with Gasteiger partial charge in [0, 0.05) is 0 Å². The number of rotatable bonds is 58. The van der Waals surface area contributed by atoms with Crippen LogP contribution in [0.3, 0.4) is 0 Å². The Balaban J connectivity index is 2.17. The van der Waals surface area contributed by atoms with Crippen LogP contribution in [-0.2, 0) is 14.3 Å². The summed E-state index contributed by atoms with van der Waals surface area (Å²) in [5.41, 5.74) is 0. The molecule has 0 aromatic rings. The number of unbranched alkanes of at least 4 members (excludes halogenated alkanes) is 42. The van der Waals surface area contributed by atoms with Gasteiger partial charge in [0.25, 0.3) is 0 Å². The van der Waals surface area contributed by atoms with Gasteiger partial charge in [0.05, 0.1) is 25.4 Å². The van der Waals surface area contributed by atoms with Crippen molar-refractivity contribution >= 4 is 5.91 Å². The van der Waals surface area contributed by atoms with Gasteiger partial charge in [-0.2, -0.15) is 0 Å². The van der Waals surface area contributed by atoms with E-state index in [9.17, 15) is 40.5 Å². The van der Waals surface area contributed by atoms with Crippen LogP contribution in [0.25, 0.3) is 0 Å². The van der Waals surface area contributed by atoms with E-state index in [2.05, 4.69) is 43.5 Å². The lowest BCUT2D eigenvalue weighted by Gasteiger charge is -2.40. The van der Waals surface area contributed by atoms with Crippen molar-refractivity contribution in [2.75, 3.05) is 13.2 Å². The fourth-order valence-corrected chi connectivity index (χ4v) is 10.9. The van der Waals surface area contributed by atoms with Crippen molar-refractivity contribution in [1.29, 1.82) is 0 Å². The number of aliphatic hydroxyl groups is 7. The number of carbonyl (C=O) groups excluding carboxylic acids is 1. The topological polar surface area (TPSA) is 189 Å². The van der Waals surface area contributed by atoms with Gasteiger partial charge in [-0.15, -0.1) is 0 Å². The van der Waals surface area contributed by atoms with E-state index in [1.165, 1.54) is 244 Å². The molecule has 9 unspecified atom stereocenters. The predicted molar refractivity (Wildman–Crippen MR) is 321 cm³/mol. The Morgan fingerprint density at radius 3 is 1.12 bits per heavy atom. The Morgan fingerprint density at radius 2 is 0.766 bits per heavy atom. The van der Waals surface area contributed by atoms with Crippen molar-refractivity contribution in [3.05, 3.63) is 24.3 Å². The third-order valence-electron chi connectivity index (χ3n) is 16.2. The van der Waals surface area contributed by atoms with Gasteiger partial charge in [0.1, 0.15) is 36.6 Å². The number of allylic oxidation sites excluding steroid dienone is 4. The molecular weight excluding hydrogens is 967 g/mol. The molecule has 1 rings (SSSR count). The van der Waals surface area contributed by atoms with Crippen LogP contribution in [0.4, 0.5) is 0 Å². The molecule has 1 fully saturated rings. The minimum absolute atomic E-state index is 0.257. The number of ether oxygens (including phenoxy) is 2. The Morgan fingerprint density at radius 1 is 0.442 bits per heavy atom.